The van der Waals surface area contributed by atoms with Gasteiger partial charge in [0.15, 0.2) is 0 Å². The molecule has 0 saturated carbocycles. The Bertz CT molecular complexity index is 994. The van der Waals surface area contributed by atoms with Crippen molar-refractivity contribution >= 4 is 11.3 Å². The van der Waals surface area contributed by atoms with E-state index in [2.05, 4.69) is 47.5 Å². The smallest absolute Gasteiger partial charge is 0.244 e. The topological polar surface area (TPSA) is 83.7 Å². The number of hydrogen-bond donors (Lipinski definition) is 1. The molecular weight excluding hydrogens is 348 g/mol. The van der Waals surface area contributed by atoms with Crippen LogP contribution in [0.2, 0.25) is 0 Å². The van der Waals surface area contributed by atoms with E-state index >= 15 is 0 Å². The first kappa shape index (κ1) is 15.4. The van der Waals surface area contributed by atoms with Gasteiger partial charge in [0.1, 0.15) is 0 Å². The fraction of sp³-hybridized carbons (Fsp3) is 0.222. The van der Waals surface area contributed by atoms with Gasteiger partial charge in [-0.1, -0.05) is 11.2 Å². The zero-order chi connectivity index (χ0) is 17.3. The molecular formula is C18H16N6OS. The van der Waals surface area contributed by atoms with Crippen LogP contribution in [0.1, 0.15) is 28.2 Å². The van der Waals surface area contributed by atoms with Gasteiger partial charge in [0.05, 0.1) is 23.8 Å². The van der Waals surface area contributed by atoms with Crippen LogP contribution >= 0.6 is 11.3 Å². The van der Waals surface area contributed by atoms with Crippen molar-refractivity contribution in [1.29, 1.82) is 0 Å². The number of aromatic amines is 1. The van der Waals surface area contributed by atoms with Crippen LogP contribution in [0.3, 0.4) is 0 Å². The number of imidazole rings is 1. The highest BCUT2D eigenvalue weighted by Gasteiger charge is 2.33. The minimum Gasteiger partial charge on any atom is -0.347 e. The van der Waals surface area contributed by atoms with Gasteiger partial charge in [0.25, 0.3) is 0 Å². The van der Waals surface area contributed by atoms with Crippen molar-refractivity contribution in [1.82, 2.24) is 30.0 Å². The molecule has 8 heteroatoms. The predicted octanol–water partition coefficient (Wildman–Crippen LogP) is 3.22. The zero-order valence-electron chi connectivity index (χ0n) is 13.9. The molecule has 1 atom stereocenters. The van der Waals surface area contributed by atoms with Crippen LogP contribution < -0.4 is 0 Å². The van der Waals surface area contributed by atoms with Gasteiger partial charge in [-0.3, -0.25) is 9.88 Å². The van der Waals surface area contributed by atoms with Gasteiger partial charge in [0.2, 0.25) is 11.7 Å². The number of thiophene rings is 1. The van der Waals surface area contributed by atoms with E-state index in [-0.39, 0.29) is 6.04 Å². The lowest BCUT2D eigenvalue weighted by molar-refractivity contribution is 0.129. The Kier molecular flexibility index (Phi) is 3.84. The highest BCUT2D eigenvalue weighted by atomic mass is 32.1. The fourth-order valence-electron chi connectivity index (χ4n) is 3.29. The van der Waals surface area contributed by atoms with E-state index in [1.807, 2.05) is 12.1 Å². The quantitative estimate of drug-likeness (QED) is 0.599. The second-order valence-corrected chi connectivity index (χ2v) is 7.26. The summed E-state index contributed by atoms with van der Waals surface area (Å²) in [4.78, 5) is 20.1. The number of nitrogens with zero attached hydrogens (tertiary/aromatic N) is 5. The Hall–Kier alpha value is -2.84. The Labute approximate surface area is 153 Å². The van der Waals surface area contributed by atoms with Crippen LogP contribution in [0.15, 0.2) is 52.9 Å². The maximum absolute atomic E-state index is 5.64. The highest BCUT2D eigenvalue weighted by Crippen LogP contribution is 2.33. The van der Waals surface area contributed by atoms with E-state index in [0.29, 0.717) is 11.7 Å². The molecule has 1 aliphatic heterocycles. The number of rotatable bonds is 4. The summed E-state index contributed by atoms with van der Waals surface area (Å²) in [6.45, 7) is 1.62. The fourth-order valence-corrected chi connectivity index (χ4v) is 4.02. The Morgan fingerprint density at radius 3 is 3.04 bits per heavy atom. The molecule has 0 aromatic carbocycles. The Balaban J connectivity index is 1.48. The number of aromatic nitrogens is 5. The average Bonchev–Trinajstić information content (AvgIpc) is 3.43. The third kappa shape index (κ3) is 2.83. The largest absolute Gasteiger partial charge is 0.347 e. The lowest BCUT2D eigenvalue weighted by atomic mass is 10.0. The lowest BCUT2D eigenvalue weighted by Gasteiger charge is -2.32. The van der Waals surface area contributed by atoms with Crippen LogP contribution in [-0.4, -0.2) is 30.0 Å². The third-order valence-corrected chi connectivity index (χ3v) is 5.46. The van der Waals surface area contributed by atoms with Gasteiger partial charge in [-0.15, -0.1) is 11.3 Å². The van der Waals surface area contributed by atoms with Gasteiger partial charge < -0.3 is 9.51 Å². The number of hydrogen-bond acceptors (Lipinski definition) is 7. The lowest BCUT2D eigenvalue weighted by Crippen LogP contribution is -2.34. The molecule has 0 aliphatic carbocycles. The molecule has 4 aromatic rings. The standard InChI is InChI=1S/C18H16N6OS/c1-2-13(26-7-1)9-24-10-15-14(20-11-21-15)8-16(24)18-22-17(23-25-18)12-3-5-19-6-4-12/h1-7,11,16H,8-10H2,(H,20,21). The first-order valence-electron chi connectivity index (χ1n) is 8.38. The van der Waals surface area contributed by atoms with Crippen LogP contribution in [-0.2, 0) is 19.5 Å². The van der Waals surface area contributed by atoms with Gasteiger partial charge in [-0.2, -0.15) is 4.98 Å². The van der Waals surface area contributed by atoms with Crippen LogP contribution in [0.5, 0.6) is 0 Å². The van der Waals surface area contributed by atoms with E-state index in [9.17, 15) is 0 Å². The van der Waals surface area contributed by atoms with Crippen molar-refractivity contribution in [2.45, 2.75) is 25.6 Å². The monoisotopic (exact) mass is 364 g/mol. The van der Waals surface area contributed by atoms with Crippen molar-refractivity contribution in [3.05, 3.63) is 70.5 Å². The van der Waals surface area contributed by atoms with Crippen molar-refractivity contribution in [2.75, 3.05) is 0 Å². The SMILES string of the molecule is c1csc(CN2Cc3[nH]cnc3CC2c2nc(-c3ccncc3)no2)c1. The van der Waals surface area contributed by atoms with E-state index in [1.165, 1.54) is 4.88 Å². The van der Waals surface area contributed by atoms with Crippen molar-refractivity contribution in [3.8, 4) is 11.4 Å². The Morgan fingerprint density at radius 2 is 2.19 bits per heavy atom. The minimum absolute atomic E-state index is 0.0102. The minimum atomic E-state index is 0.0102. The molecule has 26 heavy (non-hydrogen) atoms. The van der Waals surface area contributed by atoms with Gasteiger partial charge >= 0.3 is 0 Å². The van der Waals surface area contributed by atoms with Gasteiger partial charge in [-0.25, -0.2) is 4.98 Å². The molecule has 1 N–H and O–H groups in total. The summed E-state index contributed by atoms with van der Waals surface area (Å²) in [6, 6.07) is 8.00. The van der Waals surface area contributed by atoms with E-state index in [4.69, 9.17) is 4.52 Å². The molecule has 0 radical (unpaired) electrons. The molecule has 4 aromatic heterocycles. The molecule has 0 saturated heterocycles. The molecule has 5 heterocycles. The van der Waals surface area contributed by atoms with E-state index < -0.39 is 0 Å². The Morgan fingerprint density at radius 1 is 1.27 bits per heavy atom. The summed E-state index contributed by atoms with van der Waals surface area (Å²) in [6.07, 6.45) is 5.96. The summed E-state index contributed by atoms with van der Waals surface area (Å²) in [5.74, 6) is 1.22. The molecule has 0 bridgehead atoms. The zero-order valence-corrected chi connectivity index (χ0v) is 14.7. The maximum Gasteiger partial charge on any atom is 0.244 e. The summed E-state index contributed by atoms with van der Waals surface area (Å²) in [5, 5.41) is 6.27. The van der Waals surface area contributed by atoms with Gasteiger partial charge in [-0.05, 0) is 23.6 Å². The van der Waals surface area contributed by atoms with Gasteiger partial charge in [0, 0.05) is 42.3 Å². The summed E-state index contributed by atoms with van der Waals surface area (Å²) in [5.41, 5.74) is 3.13. The molecule has 0 fully saturated rings. The van der Waals surface area contributed by atoms with E-state index in [1.54, 1.807) is 30.1 Å². The number of fused-ring (bicyclic) bond motifs is 1. The van der Waals surface area contributed by atoms with E-state index in [0.717, 1.165) is 36.5 Å². The third-order valence-electron chi connectivity index (χ3n) is 4.60. The van der Waals surface area contributed by atoms with Crippen LogP contribution in [0.25, 0.3) is 11.4 Å². The summed E-state index contributed by atoms with van der Waals surface area (Å²) in [7, 11) is 0. The molecule has 7 nitrogen and oxygen atoms in total. The predicted molar refractivity (Wildman–Crippen MR) is 96.1 cm³/mol. The molecule has 1 aliphatic rings. The first-order valence-corrected chi connectivity index (χ1v) is 9.26. The second kappa shape index (κ2) is 6.47. The van der Waals surface area contributed by atoms with Crippen molar-refractivity contribution in [2.24, 2.45) is 0 Å². The molecule has 0 spiro atoms. The van der Waals surface area contributed by atoms with Crippen molar-refractivity contribution < 1.29 is 4.52 Å². The van der Waals surface area contributed by atoms with Crippen LogP contribution in [0, 0.1) is 0 Å². The number of H-pyrrole nitrogens is 1. The highest BCUT2D eigenvalue weighted by molar-refractivity contribution is 7.09. The normalized spacial score (nSPS) is 17.3. The first-order chi connectivity index (χ1) is 12.9. The number of nitrogens with one attached hydrogen (secondary N) is 1. The molecule has 0 amide bonds. The summed E-state index contributed by atoms with van der Waals surface area (Å²) < 4.78 is 5.64. The molecule has 5 rings (SSSR count). The number of pyridine rings is 1. The van der Waals surface area contributed by atoms with Crippen LogP contribution in [0.4, 0.5) is 0 Å². The molecule has 1 unspecified atom stereocenters. The summed E-state index contributed by atoms with van der Waals surface area (Å²) >= 11 is 1.76. The molecule has 130 valence electrons. The maximum atomic E-state index is 5.64. The second-order valence-electron chi connectivity index (χ2n) is 6.22. The van der Waals surface area contributed by atoms with Crippen molar-refractivity contribution in [3.63, 3.8) is 0 Å². The average molecular weight is 364 g/mol.